The predicted molar refractivity (Wildman–Crippen MR) is 91.6 cm³/mol. The molecule has 1 aliphatic rings. The zero-order chi connectivity index (χ0) is 16.2. The molecular weight excluding hydrogens is 312 g/mol. The molecule has 1 N–H and O–H groups in total. The lowest BCUT2D eigenvalue weighted by molar-refractivity contribution is -0.137. The Bertz CT molecular complexity index is 704. The highest BCUT2D eigenvalue weighted by Gasteiger charge is 2.21. The van der Waals surface area contributed by atoms with Gasteiger partial charge >= 0.3 is 5.97 Å². The minimum Gasteiger partial charge on any atom is -0.481 e. The van der Waals surface area contributed by atoms with Crippen LogP contribution in [0.15, 0.2) is 30.5 Å². The Morgan fingerprint density at radius 3 is 3.13 bits per heavy atom. The number of aliphatic carboxylic acids is 1. The zero-order valence-electron chi connectivity index (χ0n) is 13.0. The molecule has 0 saturated carbocycles. The highest BCUT2D eigenvalue weighted by Crippen LogP contribution is 2.26. The lowest BCUT2D eigenvalue weighted by Crippen LogP contribution is -2.35. The standard InChI is InChI=1S/C18H21ClN2O2/c19-16-9-14-4-1-7-20-18(14)15(10-16)12-21-8-2-3-13(11-21)5-6-17(22)23/h1,4,7,9-10,13H,2-3,5-6,8,11-12H2,(H,22,23). The van der Waals surface area contributed by atoms with E-state index in [0.29, 0.717) is 5.92 Å². The number of fused-ring (bicyclic) bond motifs is 1. The molecule has 1 saturated heterocycles. The molecule has 2 aromatic rings. The molecule has 1 unspecified atom stereocenters. The van der Waals surface area contributed by atoms with E-state index in [4.69, 9.17) is 16.7 Å². The summed E-state index contributed by atoms with van der Waals surface area (Å²) in [5.41, 5.74) is 2.15. The number of carboxylic acid groups (broad SMARTS) is 1. The lowest BCUT2D eigenvalue weighted by atomic mass is 9.93. The second-order valence-corrected chi connectivity index (χ2v) is 6.75. The van der Waals surface area contributed by atoms with Gasteiger partial charge in [-0.3, -0.25) is 14.7 Å². The summed E-state index contributed by atoms with van der Waals surface area (Å²) < 4.78 is 0. The Labute approximate surface area is 141 Å². The van der Waals surface area contributed by atoms with E-state index in [2.05, 4.69) is 9.88 Å². The lowest BCUT2D eigenvalue weighted by Gasteiger charge is -2.32. The molecule has 4 nitrogen and oxygen atoms in total. The fourth-order valence-corrected chi connectivity index (χ4v) is 3.70. The Morgan fingerprint density at radius 1 is 1.43 bits per heavy atom. The first-order valence-corrected chi connectivity index (χ1v) is 8.47. The van der Waals surface area contributed by atoms with E-state index in [1.807, 2.05) is 30.5 Å². The molecule has 2 heterocycles. The van der Waals surface area contributed by atoms with E-state index in [0.717, 1.165) is 60.4 Å². The number of hydrogen-bond acceptors (Lipinski definition) is 3. The van der Waals surface area contributed by atoms with Gasteiger partial charge in [-0.05, 0) is 55.5 Å². The molecule has 1 aromatic carbocycles. The summed E-state index contributed by atoms with van der Waals surface area (Å²) >= 11 is 6.24. The van der Waals surface area contributed by atoms with Gasteiger partial charge in [0.2, 0.25) is 0 Å². The van der Waals surface area contributed by atoms with Crippen LogP contribution in [0.4, 0.5) is 0 Å². The number of piperidine rings is 1. The van der Waals surface area contributed by atoms with Crippen LogP contribution in [-0.4, -0.2) is 34.0 Å². The van der Waals surface area contributed by atoms with Gasteiger partial charge in [-0.25, -0.2) is 0 Å². The van der Waals surface area contributed by atoms with Crippen LogP contribution in [0.2, 0.25) is 5.02 Å². The Hall–Kier alpha value is -1.65. The maximum absolute atomic E-state index is 10.8. The van der Waals surface area contributed by atoms with E-state index >= 15 is 0 Å². The normalized spacial score (nSPS) is 19.1. The second kappa shape index (κ2) is 7.28. The summed E-state index contributed by atoms with van der Waals surface area (Å²) in [7, 11) is 0. The Balaban J connectivity index is 1.72. The number of carboxylic acids is 1. The van der Waals surface area contributed by atoms with Crippen molar-refractivity contribution in [3.8, 4) is 0 Å². The summed E-state index contributed by atoms with van der Waals surface area (Å²) in [6, 6.07) is 7.89. The highest BCUT2D eigenvalue weighted by atomic mass is 35.5. The highest BCUT2D eigenvalue weighted by molar-refractivity contribution is 6.31. The summed E-state index contributed by atoms with van der Waals surface area (Å²) in [5, 5.41) is 10.7. The first kappa shape index (κ1) is 16.2. The second-order valence-electron chi connectivity index (χ2n) is 6.32. The van der Waals surface area contributed by atoms with Gasteiger partial charge in [0.15, 0.2) is 0 Å². The molecular formula is C18H21ClN2O2. The van der Waals surface area contributed by atoms with Crippen molar-refractivity contribution < 1.29 is 9.90 Å². The average molecular weight is 333 g/mol. The number of nitrogens with zero attached hydrogens (tertiary/aromatic N) is 2. The third kappa shape index (κ3) is 4.21. The van der Waals surface area contributed by atoms with Crippen LogP contribution in [-0.2, 0) is 11.3 Å². The molecule has 0 amide bonds. The molecule has 0 spiro atoms. The molecule has 0 bridgehead atoms. The van der Waals surface area contributed by atoms with Gasteiger partial charge in [0.25, 0.3) is 0 Å². The number of pyridine rings is 1. The van der Waals surface area contributed by atoms with E-state index in [1.54, 1.807) is 0 Å². The zero-order valence-corrected chi connectivity index (χ0v) is 13.8. The Morgan fingerprint density at radius 2 is 2.30 bits per heavy atom. The largest absolute Gasteiger partial charge is 0.481 e. The number of likely N-dealkylation sites (tertiary alicyclic amines) is 1. The van der Waals surface area contributed by atoms with Crippen LogP contribution in [0.3, 0.4) is 0 Å². The number of aromatic nitrogens is 1. The quantitative estimate of drug-likeness (QED) is 0.900. The minimum absolute atomic E-state index is 0.264. The first-order chi connectivity index (χ1) is 11.1. The first-order valence-electron chi connectivity index (χ1n) is 8.09. The van der Waals surface area contributed by atoms with Crippen molar-refractivity contribution in [2.45, 2.75) is 32.2 Å². The number of halogens is 1. The van der Waals surface area contributed by atoms with Crippen molar-refractivity contribution >= 4 is 28.5 Å². The van der Waals surface area contributed by atoms with Crippen molar-refractivity contribution in [1.29, 1.82) is 0 Å². The van der Waals surface area contributed by atoms with Gasteiger partial charge in [-0.1, -0.05) is 17.7 Å². The van der Waals surface area contributed by atoms with Gasteiger partial charge in [0.1, 0.15) is 0 Å². The third-order valence-electron chi connectivity index (χ3n) is 4.51. The number of benzene rings is 1. The van der Waals surface area contributed by atoms with Crippen molar-refractivity contribution in [3.05, 3.63) is 41.0 Å². The maximum Gasteiger partial charge on any atom is 0.303 e. The average Bonchev–Trinajstić information content (AvgIpc) is 2.53. The van der Waals surface area contributed by atoms with E-state index in [1.165, 1.54) is 0 Å². The van der Waals surface area contributed by atoms with Gasteiger partial charge < -0.3 is 5.11 Å². The van der Waals surface area contributed by atoms with Crippen LogP contribution in [0.1, 0.15) is 31.2 Å². The van der Waals surface area contributed by atoms with Crippen LogP contribution in [0.5, 0.6) is 0 Å². The van der Waals surface area contributed by atoms with Gasteiger partial charge in [-0.2, -0.15) is 0 Å². The van der Waals surface area contributed by atoms with Crippen LogP contribution >= 0.6 is 11.6 Å². The van der Waals surface area contributed by atoms with Crippen LogP contribution in [0, 0.1) is 5.92 Å². The molecule has 1 aromatic heterocycles. The number of hydrogen-bond donors (Lipinski definition) is 1. The molecule has 5 heteroatoms. The molecule has 3 rings (SSSR count). The fraction of sp³-hybridized carbons (Fsp3) is 0.444. The molecule has 1 fully saturated rings. The molecule has 1 aliphatic heterocycles. The van der Waals surface area contributed by atoms with E-state index in [9.17, 15) is 4.79 Å². The molecule has 23 heavy (non-hydrogen) atoms. The summed E-state index contributed by atoms with van der Waals surface area (Å²) in [4.78, 5) is 17.7. The third-order valence-corrected chi connectivity index (χ3v) is 4.73. The molecule has 1 atom stereocenters. The van der Waals surface area contributed by atoms with Crippen LogP contribution < -0.4 is 0 Å². The summed E-state index contributed by atoms with van der Waals surface area (Å²) in [6.07, 6.45) is 5.08. The number of carbonyl (C=O) groups is 1. The van der Waals surface area contributed by atoms with E-state index < -0.39 is 5.97 Å². The number of rotatable bonds is 5. The van der Waals surface area contributed by atoms with Gasteiger partial charge in [0, 0.05) is 36.1 Å². The van der Waals surface area contributed by atoms with Gasteiger partial charge in [0.05, 0.1) is 5.52 Å². The smallest absolute Gasteiger partial charge is 0.303 e. The van der Waals surface area contributed by atoms with Crippen molar-refractivity contribution in [3.63, 3.8) is 0 Å². The monoisotopic (exact) mass is 332 g/mol. The van der Waals surface area contributed by atoms with Crippen LogP contribution in [0.25, 0.3) is 10.9 Å². The van der Waals surface area contributed by atoms with Crippen molar-refractivity contribution in [1.82, 2.24) is 9.88 Å². The topological polar surface area (TPSA) is 53.4 Å². The molecule has 0 radical (unpaired) electrons. The molecule has 0 aliphatic carbocycles. The summed E-state index contributed by atoms with van der Waals surface area (Å²) in [6.45, 7) is 2.82. The SMILES string of the molecule is O=C(O)CCC1CCCN(Cc2cc(Cl)cc3cccnc23)C1. The Kier molecular flexibility index (Phi) is 5.13. The fourth-order valence-electron chi connectivity index (χ4n) is 3.45. The minimum atomic E-state index is -0.702. The van der Waals surface area contributed by atoms with Crippen molar-refractivity contribution in [2.75, 3.05) is 13.1 Å². The van der Waals surface area contributed by atoms with E-state index in [-0.39, 0.29) is 6.42 Å². The maximum atomic E-state index is 10.8. The molecule has 122 valence electrons. The predicted octanol–water partition coefficient (Wildman–Crippen LogP) is 3.97. The summed E-state index contributed by atoms with van der Waals surface area (Å²) in [5.74, 6) is -0.231. The van der Waals surface area contributed by atoms with Gasteiger partial charge in [-0.15, -0.1) is 0 Å². The van der Waals surface area contributed by atoms with Crippen molar-refractivity contribution in [2.24, 2.45) is 5.92 Å².